The van der Waals surface area contributed by atoms with Crippen molar-refractivity contribution in [3.05, 3.63) is 72.6 Å². The van der Waals surface area contributed by atoms with Crippen LogP contribution in [0.5, 0.6) is 5.75 Å². The number of rotatable bonds is 4. The summed E-state index contributed by atoms with van der Waals surface area (Å²) in [4.78, 5) is 0. The summed E-state index contributed by atoms with van der Waals surface area (Å²) in [5, 5.41) is 16.9. The zero-order valence-electron chi connectivity index (χ0n) is 10.9. The Balaban J connectivity index is 1.79. The predicted molar refractivity (Wildman–Crippen MR) is 79.0 cm³/mol. The molecule has 2 aromatic carbocycles. The van der Waals surface area contributed by atoms with Crippen molar-refractivity contribution in [3.8, 4) is 11.4 Å². The van der Waals surface area contributed by atoms with Gasteiger partial charge in [-0.2, -0.15) is 5.10 Å². The van der Waals surface area contributed by atoms with E-state index in [2.05, 4.69) is 10.4 Å². The topological polar surface area (TPSA) is 50.1 Å². The Bertz CT molecular complexity index is 675. The largest absolute Gasteiger partial charge is 0.508 e. The minimum atomic E-state index is 0.283. The molecule has 0 bridgehead atoms. The summed E-state index contributed by atoms with van der Waals surface area (Å²) >= 11 is 0. The fraction of sp³-hybridized carbons (Fsp3) is 0.0625. The molecule has 3 aromatic rings. The molecule has 0 atom stereocenters. The van der Waals surface area contributed by atoms with E-state index in [4.69, 9.17) is 0 Å². The summed E-state index contributed by atoms with van der Waals surface area (Å²) in [6.45, 7) is 0.693. The molecule has 0 saturated heterocycles. The highest BCUT2D eigenvalue weighted by Crippen LogP contribution is 2.20. The number of hydrogen-bond acceptors (Lipinski definition) is 3. The Morgan fingerprint density at radius 1 is 1.00 bits per heavy atom. The van der Waals surface area contributed by atoms with E-state index >= 15 is 0 Å². The van der Waals surface area contributed by atoms with Gasteiger partial charge in [-0.25, -0.2) is 4.68 Å². The third kappa shape index (κ3) is 2.64. The number of para-hydroxylation sites is 2. The second-order valence-electron chi connectivity index (χ2n) is 4.49. The third-order valence-corrected chi connectivity index (χ3v) is 3.07. The van der Waals surface area contributed by atoms with Crippen LogP contribution in [-0.4, -0.2) is 14.9 Å². The summed E-state index contributed by atoms with van der Waals surface area (Å²) in [6, 6.07) is 17.1. The molecular formula is C16H15N3O. The molecule has 3 rings (SSSR count). The van der Waals surface area contributed by atoms with E-state index in [0.717, 1.165) is 16.9 Å². The van der Waals surface area contributed by atoms with Crippen LogP contribution < -0.4 is 5.32 Å². The maximum atomic E-state index is 9.28. The molecule has 0 saturated carbocycles. The number of benzene rings is 2. The van der Waals surface area contributed by atoms with Gasteiger partial charge in [0.25, 0.3) is 0 Å². The highest BCUT2D eigenvalue weighted by atomic mass is 16.3. The van der Waals surface area contributed by atoms with Gasteiger partial charge in [-0.3, -0.25) is 0 Å². The fourth-order valence-corrected chi connectivity index (χ4v) is 2.05. The van der Waals surface area contributed by atoms with Crippen LogP contribution in [0.25, 0.3) is 5.69 Å². The Kier molecular flexibility index (Phi) is 3.37. The average molecular weight is 265 g/mol. The molecule has 0 unspecified atom stereocenters. The van der Waals surface area contributed by atoms with Crippen molar-refractivity contribution in [1.29, 1.82) is 0 Å². The number of aromatic hydroxyl groups is 1. The summed E-state index contributed by atoms with van der Waals surface area (Å²) in [7, 11) is 0. The molecule has 0 aliphatic carbocycles. The van der Waals surface area contributed by atoms with Crippen LogP contribution in [0.2, 0.25) is 0 Å². The minimum Gasteiger partial charge on any atom is -0.508 e. The van der Waals surface area contributed by atoms with Gasteiger partial charge < -0.3 is 10.4 Å². The van der Waals surface area contributed by atoms with Crippen molar-refractivity contribution in [1.82, 2.24) is 9.78 Å². The lowest BCUT2D eigenvalue weighted by molar-refractivity contribution is 0.475. The monoisotopic (exact) mass is 265 g/mol. The SMILES string of the molecule is Oc1ccc(CNc2ccccc2-n2cccn2)cc1. The first kappa shape index (κ1) is 12.3. The standard InChI is InChI=1S/C16H15N3O/c20-14-8-6-13(7-9-14)12-17-15-4-1-2-5-16(15)19-11-3-10-18-19/h1-11,17,20H,12H2. The third-order valence-electron chi connectivity index (χ3n) is 3.07. The Labute approximate surface area is 117 Å². The van der Waals surface area contributed by atoms with Crippen molar-refractivity contribution in [2.24, 2.45) is 0 Å². The van der Waals surface area contributed by atoms with E-state index in [-0.39, 0.29) is 5.75 Å². The van der Waals surface area contributed by atoms with Crippen LogP contribution in [0, 0.1) is 0 Å². The summed E-state index contributed by atoms with van der Waals surface area (Å²) < 4.78 is 1.83. The Morgan fingerprint density at radius 3 is 2.55 bits per heavy atom. The summed E-state index contributed by atoms with van der Waals surface area (Å²) in [5.74, 6) is 0.283. The molecule has 0 aliphatic rings. The Morgan fingerprint density at radius 2 is 1.80 bits per heavy atom. The smallest absolute Gasteiger partial charge is 0.115 e. The number of nitrogens with one attached hydrogen (secondary N) is 1. The lowest BCUT2D eigenvalue weighted by atomic mass is 10.2. The number of phenols is 1. The van der Waals surface area contributed by atoms with Gasteiger partial charge in [0.05, 0.1) is 11.4 Å². The van der Waals surface area contributed by atoms with Gasteiger partial charge in [0, 0.05) is 18.9 Å². The molecule has 0 spiro atoms. The van der Waals surface area contributed by atoms with E-state index < -0.39 is 0 Å². The highest BCUT2D eigenvalue weighted by Gasteiger charge is 2.03. The van der Waals surface area contributed by atoms with Crippen molar-refractivity contribution in [2.75, 3.05) is 5.32 Å². The van der Waals surface area contributed by atoms with Crippen LogP contribution in [-0.2, 0) is 6.54 Å². The van der Waals surface area contributed by atoms with Gasteiger partial charge >= 0.3 is 0 Å². The second-order valence-corrected chi connectivity index (χ2v) is 4.49. The quantitative estimate of drug-likeness (QED) is 0.761. The molecule has 2 N–H and O–H groups in total. The molecule has 100 valence electrons. The normalized spacial score (nSPS) is 10.4. The van der Waals surface area contributed by atoms with Crippen molar-refractivity contribution in [2.45, 2.75) is 6.54 Å². The van der Waals surface area contributed by atoms with Crippen molar-refractivity contribution >= 4 is 5.69 Å². The van der Waals surface area contributed by atoms with Crippen molar-refractivity contribution in [3.63, 3.8) is 0 Å². The minimum absolute atomic E-state index is 0.283. The highest BCUT2D eigenvalue weighted by molar-refractivity contribution is 5.60. The van der Waals surface area contributed by atoms with E-state index in [1.54, 1.807) is 18.3 Å². The lowest BCUT2D eigenvalue weighted by Crippen LogP contribution is -2.04. The van der Waals surface area contributed by atoms with Crippen LogP contribution >= 0.6 is 0 Å². The van der Waals surface area contributed by atoms with Gasteiger partial charge in [0.15, 0.2) is 0 Å². The van der Waals surface area contributed by atoms with Gasteiger partial charge in [-0.15, -0.1) is 0 Å². The van der Waals surface area contributed by atoms with Crippen LogP contribution in [0.15, 0.2) is 67.0 Å². The fourth-order valence-electron chi connectivity index (χ4n) is 2.05. The predicted octanol–water partition coefficient (Wildman–Crippen LogP) is 3.19. The van der Waals surface area contributed by atoms with E-state index in [1.807, 2.05) is 53.3 Å². The van der Waals surface area contributed by atoms with E-state index in [9.17, 15) is 5.11 Å². The maximum absolute atomic E-state index is 9.28. The summed E-state index contributed by atoms with van der Waals surface area (Å²) in [6.07, 6.45) is 3.68. The number of hydrogen-bond donors (Lipinski definition) is 2. The molecule has 0 aliphatic heterocycles. The summed E-state index contributed by atoms with van der Waals surface area (Å²) in [5.41, 5.74) is 3.14. The molecule has 0 radical (unpaired) electrons. The van der Waals surface area contributed by atoms with Crippen LogP contribution in [0.4, 0.5) is 5.69 Å². The molecule has 4 nitrogen and oxygen atoms in total. The van der Waals surface area contributed by atoms with Crippen LogP contribution in [0.1, 0.15) is 5.56 Å². The maximum Gasteiger partial charge on any atom is 0.115 e. The molecule has 4 heteroatoms. The number of phenolic OH excluding ortho intramolecular Hbond substituents is 1. The zero-order chi connectivity index (χ0) is 13.8. The molecule has 0 amide bonds. The second kappa shape index (κ2) is 5.48. The van der Waals surface area contributed by atoms with E-state index in [0.29, 0.717) is 6.54 Å². The number of anilines is 1. The molecule has 1 heterocycles. The number of aromatic nitrogens is 2. The van der Waals surface area contributed by atoms with Gasteiger partial charge in [0.1, 0.15) is 5.75 Å². The first-order valence-corrected chi connectivity index (χ1v) is 6.44. The van der Waals surface area contributed by atoms with E-state index in [1.165, 1.54) is 0 Å². The van der Waals surface area contributed by atoms with Gasteiger partial charge in [-0.05, 0) is 35.9 Å². The first-order valence-electron chi connectivity index (χ1n) is 6.44. The van der Waals surface area contributed by atoms with Gasteiger partial charge in [0.2, 0.25) is 0 Å². The van der Waals surface area contributed by atoms with Gasteiger partial charge in [-0.1, -0.05) is 24.3 Å². The number of nitrogens with zero attached hydrogens (tertiary/aromatic N) is 2. The molecule has 20 heavy (non-hydrogen) atoms. The van der Waals surface area contributed by atoms with Crippen molar-refractivity contribution < 1.29 is 5.11 Å². The molecular weight excluding hydrogens is 250 g/mol. The average Bonchev–Trinajstić information content (AvgIpc) is 3.01. The molecule has 0 fully saturated rings. The zero-order valence-corrected chi connectivity index (χ0v) is 10.9. The molecule has 1 aromatic heterocycles. The Hall–Kier alpha value is -2.75. The van der Waals surface area contributed by atoms with Crippen LogP contribution in [0.3, 0.4) is 0 Å². The first-order chi connectivity index (χ1) is 9.83. The lowest BCUT2D eigenvalue weighted by Gasteiger charge is -2.12.